The van der Waals surface area contributed by atoms with Gasteiger partial charge in [0.1, 0.15) is 29.7 Å². The standard InChI is InChI=1S/C21H19F2N3O3S/c1-2-17(20(28)26-19-15(22)9-6-10-16(19)23)30-21-24-13(11-18(27)25-21)12-29-14-7-4-3-5-8-14/h3-11,17H,2,12H2,1H3,(H,26,28)(H,24,25,27). The van der Waals surface area contributed by atoms with E-state index in [2.05, 4.69) is 15.3 Å². The van der Waals surface area contributed by atoms with E-state index in [9.17, 15) is 18.4 Å². The van der Waals surface area contributed by atoms with Gasteiger partial charge in [-0.2, -0.15) is 0 Å². The second-order valence-electron chi connectivity index (χ2n) is 6.24. The van der Waals surface area contributed by atoms with Gasteiger partial charge in [-0.3, -0.25) is 9.59 Å². The Kier molecular flexibility index (Phi) is 7.18. The maximum absolute atomic E-state index is 13.8. The number of anilines is 1. The third kappa shape index (κ3) is 5.66. The number of aromatic amines is 1. The number of para-hydroxylation sites is 2. The van der Waals surface area contributed by atoms with Crippen LogP contribution in [0.2, 0.25) is 0 Å². The number of benzene rings is 2. The second kappa shape index (κ2) is 10.0. The Morgan fingerprint density at radius 1 is 1.17 bits per heavy atom. The summed E-state index contributed by atoms with van der Waals surface area (Å²) in [7, 11) is 0. The lowest BCUT2D eigenvalue weighted by molar-refractivity contribution is -0.115. The molecule has 3 aromatic rings. The fourth-order valence-corrected chi connectivity index (χ4v) is 3.50. The number of carbonyl (C=O) groups is 1. The number of nitrogens with one attached hydrogen (secondary N) is 2. The van der Waals surface area contributed by atoms with Crippen molar-refractivity contribution in [2.45, 2.75) is 30.4 Å². The topological polar surface area (TPSA) is 84.1 Å². The molecule has 1 atom stereocenters. The van der Waals surface area contributed by atoms with Crippen LogP contribution in [0.15, 0.2) is 64.5 Å². The van der Waals surface area contributed by atoms with Gasteiger partial charge < -0.3 is 15.0 Å². The van der Waals surface area contributed by atoms with Crippen LogP contribution in [0.5, 0.6) is 5.75 Å². The Balaban J connectivity index is 1.71. The molecule has 3 rings (SSSR count). The molecule has 0 saturated heterocycles. The predicted molar refractivity (Wildman–Crippen MR) is 111 cm³/mol. The van der Waals surface area contributed by atoms with Crippen molar-refractivity contribution in [2.24, 2.45) is 0 Å². The predicted octanol–water partition coefficient (Wildman–Crippen LogP) is 4.14. The first-order valence-corrected chi connectivity index (χ1v) is 10.0. The van der Waals surface area contributed by atoms with Crippen molar-refractivity contribution in [1.82, 2.24) is 9.97 Å². The molecule has 0 bridgehead atoms. The molecule has 0 aliphatic heterocycles. The number of ether oxygens (including phenoxy) is 1. The zero-order chi connectivity index (χ0) is 21.5. The lowest BCUT2D eigenvalue weighted by atomic mass is 10.2. The Hall–Kier alpha value is -3.20. The van der Waals surface area contributed by atoms with Crippen LogP contribution in [0.1, 0.15) is 19.0 Å². The lowest BCUT2D eigenvalue weighted by Crippen LogP contribution is -2.26. The minimum absolute atomic E-state index is 0.0743. The number of H-pyrrole nitrogens is 1. The molecule has 0 aliphatic carbocycles. The second-order valence-corrected chi connectivity index (χ2v) is 7.44. The average Bonchev–Trinajstić information content (AvgIpc) is 2.73. The number of aromatic nitrogens is 2. The lowest BCUT2D eigenvalue weighted by Gasteiger charge is -2.15. The monoisotopic (exact) mass is 431 g/mol. The summed E-state index contributed by atoms with van der Waals surface area (Å²) in [6, 6.07) is 13.7. The molecule has 0 fully saturated rings. The highest BCUT2D eigenvalue weighted by atomic mass is 32.2. The first kappa shape index (κ1) is 21.5. The normalized spacial score (nSPS) is 11.7. The number of thioether (sulfide) groups is 1. The van der Waals surface area contributed by atoms with E-state index in [0.29, 0.717) is 17.9 Å². The zero-order valence-corrected chi connectivity index (χ0v) is 16.8. The molecule has 0 aliphatic rings. The van der Waals surface area contributed by atoms with E-state index >= 15 is 0 Å². The summed E-state index contributed by atoms with van der Waals surface area (Å²) in [6.45, 7) is 1.82. The van der Waals surface area contributed by atoms with E-state index in [4.69, 9.17) is 4.74 Å². The first-order chi connectivity index (χ1) is 14.5. The summed E-state index contributed by atoms with van der Waals surface area (Å²) in [5.41, 5.74) is -0.511. The van der Waals surface area contributed by atoms with Crippen molar-refractivity contribution in [2.75, 3.05) is 5.32 Å². The van der Waals surface area contributed by atoms with Crippen LogP contribution >= 0.6 is 11.8 Å². The summed E-state index contributed by atoms with van der Waals surface area (Å²) < 4.78 is 33.2. The molecule has 1 heterocycles. The van der Waals surface area contributed by atoms with Gasteiger partial charge in [-0.1, -0.05) is 43.0 Å². The van der Waals surface area contributed by atoms with Crippen molar-refractivity contribution >= 4 is 23.4 Å². The minimum Gasteiger partial charge on any atom is -0.487 e. The Morgan fingerprint density at radius 3 is 2.53 bits per heavy atom. The quantitative estimate of drug-likeness (QED) is 0.414. The van der Waals surface area contributed by atoms with Gasteiger partial charge in [0.05, 0.1) is 10.9 Å². The summed E-state index contributed by atoms with van der Waals surface area (Å²) in [5.74, 6) is -1.70. The Bertz CT molecular complexity index is 1060. The highest BCUT2D eigenvalue weighted by molar-refractivity contribution is 8.00. The largest absolute Gasteiger partial charge is 0.487 e. The molecular weight excluding hydrogens is 412 g/mol. The van der Waals surface area contributed by atoms with E-state index in [1.165, 1.54) is 12.1 Å². The molecule has 1 aromatic heterocycles. The van der Waals surface area contributed by atoms with Gasteiger partial charge in [0.25, 0.3) is 5.56 Å². The third-order valence-electron chi connectivity index (χ3n) is 4.03. The molecule has 6 nitrogen and oxygen atoms in total. The molecule has 156 valence electrons. The third-order valence-corrected chi connectivity index (χ3v) is 5.28. The van der Waals surface area contributed by atoms with E-state index in [1.807, 2.05) is 18.2 Å². The highest BCUT2D eigenvalue weighted by Crippen LogP contribution is 2.25. The fourth-order valence-electron chi connectivity index (χ4n) is 2.57. The number of amides is 1. The molecule has 0 saturated carbocycles. The van der Waals surface area contributed by atoms with Crippen molar-refractivity contribution in [3.8, 4) is 5.75 Å². The molecular formula is C21H19F2N3O3S. The number of rotatable bonds is 8. The zero-order valence-electron chi connectivity index (χ0n) is 16.0. The van der Waals surface area contributed by atoms with Crippen molar-refractivity contribution in [1.29, 1.82) is 0 Å². The van der Waals surface area contributed by atoms with Crippen molar-refractivity contribution in [3.63, 3.8) is 0 Å². The van der Waals surface area contributed by atoms with Crippen molar-refractivity contribution in [3.05, 3.63) is 82.3 Å². The molecule has 1 unspecified atom stereocenters. The molecule has 0 spiro atoms. The molecule has 2 N–H and O–H groups in total. The summed E-state index contributed by atoms with van der Waals surface area (Å²) in [5, 5.41) is 1.76. The maximum atomic E-state index is 13.8. The Labute approximate surface area is 175 Å². The van der Waals surface area contributed by atoms with E-state index in [0.717, 1.165) is 23.9 Å². The van der Waals surface area contributed by atoms with Crippen LogP contribution in [0.3, 0.4) is 0 Å². The molecule has 30 heavy (non-hydrogen) atoms. The van der Waals surface area contributed by atoms with Crippen LogP contribution in [-0.2, 0) is 11.4 Å². The number of halogens is 2. The minimum atomic E-state index is -0.866. The number of carbonyl (C=O) groups excluding carboxylic acids is 1. The van der Waals surface area contributed by atoms with Gasteiger partial charge in [-0.15, -0.1) is 0 Å². The highest BCUT2D eigenvalue weighted by Gasteiger charge is 2.22. The number of nitrogens with zero attached hydrogens (tertiary/aromatic N) is 1. The van der Waals surface area contributed by atoms with Gasteiger partial charge >= 0.3 is 0 Å². The molecule has 9 heteroatoms. The fraction of sp³-hybridized carbons (Fsp3) is 0.190. The molecule has 1 amide bonds. The van der Waals surface area contributed by atoms with Crippen LogP contribution in [0.4, 0.5) is 14.5 Å². The Morgan fingerprint density at radius 2 is 1.87 bits per heavy atom. The van der Waals surface area contributed by atoms with Gasteiger partial charge in [-0.25, -0.2) is 13.8 Å². The summed E-state index contributed by atoms with van der Waals surface area (Å²) in [4.78, 5) is 31.4. The maximum Gasteiger partial charge on any atom is 0.251 e. The van der Waals surface area contributed by atoms with E-state index in [-0.39, 0.29) is 11.8 Å². The van der Waals surface area contributed by atoms with Gasteiger partial charge in [0, 0.05) is 6.07 Å². The molecule has 0 radical (unpaired) electrons. The smallest absolute Gasteiger partial charge is 0.251 e. The summed E-state index contributed by atoms with van der Waals surface area (Å²) >= 11 is 0.999. The van der Waals surface area contributed by atoms with Gasteiger partial charge in [0.2, 0.25) is 5.91 Å². The van der Waals surface area contributed by atoms with Crippen molar-refractivity contribution < 1.29 is 18.3 Å². The number of hydrogen-bond donors (Lipinski definition) is 2. The van der Waals surface area contributed by atoms with Crippen LogP contribution in [0, 0.1) is 11.6 Å². The van der Waals surface area contributed by atoms with Crippen LogP contribution < -0.4 is 15.6 Å². The summed E-state index contributed by atoms with van der Waals surface area (Å²) in [6.07, 6.45) is 0.348. The van der Waals surface area contributed by atoms with Gasteiger partial charge in [0.15, 0.2) is 5.16 Å². The average molecular weight is 431 g/mol. The van der Waals surface area contributed by atoms with Crippen LogP contribution in [-0.4, -0.2) is 21.1 Å². The van der Waals surface area contributed by atoms with E-state index in [1.54, 1.807) is 19.1 Å². The van der Waals surface area contributed by atoms with Crippen LogP contribution in [0.25, 0.3) is 0 Å². The number of hydrogen-bond acceptors (Lipinski definition) is 5. The first-order valence-electron chi connectivity index (χ1n) is 9.16. The van der Waals surface area contributed by atoms with E-state index < -0.39 is 34.0 Å². The molecule has 2 aromatic carbocycles. The van der Waals surface area contributed by atoms with Gasteiger partial charge in [-0.05, 0) is 30.7 Å². The SMILES string of the molecule is CCC(Sc1nc(COc2ccccc2)cc(=O)[nH]1)C(=O)Nc1c(F)cccc1F.